The molecule has 1 aliphatic rings. The van der Waals surface area contributed by atoms with Crippen molar-refractivity contribution < 1.29 is 18.0 Å². The van der Waals surface area contributed by atoms with Gasteiger partial charge in [-0.05, 0) is 66.4 Å². The highest BCUT2D eigenvalue weighted by Gasteiger charge is 2.35. The van der Waals surface area contributed by atoms with Crippen molar-refractivity contribution in [1.29, 1.82) is 0 Å². The van der Waals surface area contributed by atoms with E-state index in [0.29, 0.717) is 10.2 Å². The lowest BCUT2D eigenvalue weighted by atomic mass is 9.94. The molecule has 4 aromatic rings. The fourth-order valence-electron chi connectivity index (χ4n) is 5.76. The molecule has 10 heteroatoms. The summed E-state index contributed by atoms with van der Waals surface area (Å²) in [5.74, 6) is -0.719. The second-order valence-corrected chi connectivity index (χ2v) is 15.2. The van der Waals surface area contributed by atoms with Crippen LogP contribution >= 0.6 is 31.9 Å². The van der Waals surface area contributed by atoms with Crippen LogP contribution in [0.25, 0.3) is 0 Å². The molecule has 0 saturated heterocycles. The third-order valence-corrected chi connectivity index (χ3v) is 11.0. The van der Waals surface area contributed by atoms with Crippen LogP contribution < -0.4 is 9.62 Å². The SMILES string of the molecule is O=C(NC1CCCCC1)C(Cc1ccccc1)N(Cc1ccc(Br)cc1)C(=O)CN(c1cccc(Br)c1)S(=O)(=O)c1ccccc1. The molecular weight excluding hydrogens is 730 g/mol. The highest BCUT2D eigenvalue weighted by Crippen LogP contribution is 2.28. The van der Waals surface area contributed by atoms with E-state index in [1.54, 1.807) is 47.4 Å². The fraction of sp³-hybridized carbons (Fsp3) is 0.278. The lowest BCUT2D eigenvalue weighted by Crippen LogP contribution is -2.55. The number of nitrogens with zero attached hydrogens (tertiary/aromatic N) is 2. The molecule has 1 aliphatic carbocycles. The molecule has 4 aromatic carbocycles. The van der Waals surface area contributed by atoms with Crippen LogP contribution in [0.15, 0.2) is 123 Å². The highest BCUT2D eigenvalue weighted by atomic mass is 79.9. The average Bonchev–Trinajstić information content (AvgIpc) is 3.07. The highest BCUT2D eigenvalue weighted by molar-refractivity contribution is 9.10. The molecule has 46 heavy (non-hydrogen) atoms. The van der Waals surface area contributed by atoms with Crippen LogP contribution in [0.4, 0.5) is 5.69 Å². The smallest absolute Gasteiger partial charge is 0.264 e. The van der Waals surface area contributed by atoms with Gasteiger partial charge in [-0.25, -0.2) is 8.42 Å². The predicted molar refractivity (Wildman–Crippen MR) is 189 cm³/mol. The minimum atomic E-state index is -4.15. The van der Waals surface area contributed by atoms with E-state index in [-0.39, 0.29) is 29.8 Å². The quantitative estimate of drug-likeness (QED) is 0.162. The van der Waals surface area contributed by atoms with Gasteiger partial charge in [0.2, 0.25) is 11.8 Å². The maximum atomic E-state index is 14.6. The lowest BCUT2D eigenvalue weighted by molar-refractivity contribution is -0.140. The zero-order chi connectivity index (χ0) is 32.5. The predicted octanol–water partition coefficient (Wildman–Crippen LogP) is 7.50. The van der Waals surface area contributed by atoms with Gasteiger partial charge in [-0.1, -0.05) is 118 Å². The standard InChI is InChI=1S/C36H37Br2N3O4S/c37-29-21-19-28(20-22-29)25-40(34(23-27-11-4-1-5-12-27)36(43)39-31-14-6-2-7-15-31)35(42)26-41(32-16-10-13-30(38)24-32)46(44,45)33-17-8-3-9-18-33/h1,3-5,8-13,16-22,24,31,34H,2,6-7,14-15,23,25-26H2,(H,39,43). The Bertz CT molecular complexity index is 1720. The number of nitrogens with one attached hydrogen (secondary N) is 1. The fourth-order valence-corrected chi connectivity index (χ4v) is 7.84. The summed E-state index contributed by atoms with van der Waals surface area (Å²) in [6.45, 7) is -0.369. The van der Waals surface area contributed by atoms with Crippen molar-refractivity contribution in [2.45, 2.75) is 62.0 Å². The molecule has 5 rings (SSSR count). The topological polar surface area (TPSA) is 86.8 Å². The normalized spacial score (nSPS) is 14.3. The van der Waals surface area contributed by atoms with Gasteiger partial charge >= 0.3 is 0 Å². The number of carbonyl (C=O) groups excluding carboxylic acids is 2. The van der Waals surface area contributed by atoms with Crippen molar-refractivity contribution >= 4 is 59.4 Å². The third-order valence-electron chi connectivity index (χ3n) is 8.20. The molecule has 240 valence electrons. The first-order chi connectivity index (χ1) is 22.2. The van der Waals surface area contributed by atoms with E-state index < -0.39 is 28.5 Å². The maximum Gasteiger partial charge on any atom is 0.264 e. The molecule has 0 radical (unpaired) electrons. The molecule has 1 unspecified atom stereocenters. The van der Waals surface area contributed by atoms with Gasteiger partial charge in [0.1, 0.15) is 12.6 Å². The van der Waals surface area contributed by atoms with Crippen molar-refractivity contribution in [2.75, 3.05) is 10.8 Å². The average molecular weight is 768 g/mol. The molecule has 0 bridgehead atoms. The van der Waals surface area contributed by atoms with Crippen LogP contribution in [-0.2, 0) is 32.6 Å². The molecule has 0 heterocycles. The molecule has 0 aromatic heterocycles. The number of carbonyl (C=O) groups is 2. The molecule has 1 saturated carbocycles. The molecule has 1 N–H and O–H groups in total. The number of anilines is 1. The summed E-state index contributed by atoms with van der Waals surface area (Å²) in [6.07, 6.45) is 5.33. The molecule has 1 fully saturated rings. The summed E-state index contributed by atoms with van der Waals surface area (Å²) in [4.78, 5) is 30.4. The number of halogens is 2. The Morgan fingerprint density at radius 3 is 2.07 bits per heavy atom. The van der Waals surface area contributed by atoms with Crippen molar-refractivity contribution in [3.05, 3.63) is 129 Å². The summed E-state index contributed by atoms with van der Waals surface area (Å²) >= 11 is 6.93. The van der Waals surface area contributed by atoms with Crippen LogP contribution in [0.2, 0.25) is 0 Å². The van der Waals surface area contributed by atoms with Crippen molar-refractivity contribution in [2.24, 2.45) is 0 Å². The molecule has 7 nitrogen and oxygen atoms in total. The van der Waals surface area contributed by atoms with Crippen molar-refractivity contribution in [3.8, 4) is 0 Å². The second-order valence-electron chi connectivity index (χ2n) is 11.5. The Morgan fingerprint density at radius 1 is 0.761 bits per heavy atom. The van der Waals surface area contributed by atoms with E-state index >= 15 is 0 Å². The number of hydrogen-bond donors (Lipinski definition) is 1. The number of amides is 2. The molecule has 0 spiro atoms. The Balaban J connectivity index is 1.55. The Hall–Kier alpha value is -3.47. The van der Waals surface area contributed by atoms with Crippen LogP contribution in [0.1, 0.15) is 43.2 Å². The molecule has 2 amide bonds. The number of rotatable bonds is 12. The van der Waals surface area contributed by atoms with E-state index in [4.69, 9.17) is 0 Å². The van der Waals surface area contributed by atoms with Gasteiger partial charge in [0.15, 0.2) is 0 Å². The van der Waals surface area contributed by atoms with E-state index in [1.165, 1.54) is 12.1 Å². The third kappa shape index (κ3) is 8.86. The lowest BCUT2D eigenvalue weighted by Gasteiger charge is -2.35. The zero-order valence-electron chi connectivity index (χ0n) is 25.4. The van der Waals surface area contributed by atoms with Gasteiger partial charge in [0.05, 0.1) is 10.6 Å². The van der Waals surface area contributed by atoms with Crippen LogP contribution in [0.5, 0.6) is 0 Å². The van der Waals surface area contributed by atoms with Gasteiger partial charge in [-0.3, -0.25) is 13.9 Å². The summed E-state index contributed by atoms with van der Waals surface area (Å²) in [5.41, 5.74) is 2.06. The minimum absolute atomic E-state index is 0.0424. The number of sulfonamides is 1. The van der Waals surface area contributed by atoms with Crippen molar-refractivity contribution in [1.82, 2.24) is 10.2 Å². The van der Waals surface area contributed by atoms with E-state index in [2.05, 4.69) is 37.2 Å². The maximum absolute atomic E-state index is 14.6. The van der Waals surface area contributed by atoms with Gasteiger partial charge in [-0.2, -0.15) is 0 Å². The monoisotopic (exact) mass is 765 g/mol. The van der Waals surface area contributed by atoms with E-state index in [9.17, 15) is 18.0 Å². The van der Waals surface area contributed by atoms with Crippen LogP contribution in [-0.4, -0.2) is 43.8 Å². The first-order valence-corrected chi connectivity index (χ1v) is 18.4. The molecule has 1 atom stereocenters. The Labute approximate surface area is 288 Å². The van der Waals surface area contributed by atoms with Gasteiger partial charge in [-0.15, -0.1) is 0 Å². The van der Waals surface area contributed by atoms with E-state index in [1.807, 2.05) is 54.6 Å². The first kappa shape index (κ1) is 33.9. The Kier molecular flexibility index (Phi) is 11.7. The van der Waals surface area contributed by atoms with Gasteiger partial charge in [0.25, 0.3) is 10.0 Å². The largest absolute Gasteiger partial charge is 0.352 e. The number of benzene rings is 4. The van der Waals surface area contributed by atoms with Gasteiger partial charge < -0.3 is 10.2 Å². The minimum Gasteiger partial charge on any atom is -0.352 e. The van der Waals surface area contributed by atoms with Crippen LogP contribution in [0.3, 0.4) is 0 Å². The summed E-state index contributed by atoms with van der Waals surface area (Å²) in [7, 11) is -4.15. The van der Waals surface area contributed by atoms with E-state index in [0.717, 1.165) is 52.0 Å². The number of hydrogen-bond acceptors (Lipinski definition) is 4. The summed E-state index contributed by atoms with van der Waals surface area (Å²) < 4.78 is 30.9. The van der Waals surface area contributed by atoms with Gasteiger partial charge in [0, 0.05) is 28.0 Å². The Morgan fingerprint density at radius 2 is 1.41 bits per heavy atom. The summed E-state index contributed by atoms with van der Waals surface area (Å²) in [5, 5.41) is 3.24. The first-order valence-electron chi connectivity index (χ1n) is 15.4. The van der Waals surface area contributed by atoms with Crippen molar-refractivity contribution in [3.63, 3.8) is 0 Å². The second kappa shape index (κ2) is 15.9. The molecular formula is C36H37Br2N3O4S. The zero-order valence-corrected chi connectivity index (χ0v) is 29.4. The molecule has 0 aliphatic heterocycles. The summed E-state index contributed by atoms with van der Waals surface area (Å²) in [6, 6.07) is 31.3. The van der Waals surface area contributed by atoms with Crippen LogP contribution in [0, 0.1) is 0 Å².